The Morgan fingerprint density at radius 2 is 1.74 bits per heavy atom. The highest BCUT2D eigenvalue weighted by Crippen LogP contribution is 2.04. The molecule has 0 unspecified atom stereocenters. The van der Waals surface area contributed by atoms with Crippen molar-refractivity contribution in [2.24, 2.45) is 0 Å². The number of carbonyl (C=O) groups excluding carboxylic acids is 2. The van der Waals surface area contributed by atoms with Crippen molar-refractivity contribution in [1.82, 2.24) is 10.6 Å². The second kappa shape index (κ2) is 12.2. The lowest BCUT2D eigenvalue weighted by molar-refractivity contribution is -0.122. The van der Waals surface area contributed by atoms with Gasteiger partial charge in [0.2, 0.25) is 5.91 Å². The van der Waals surface area contributed by atoms with Crippen LogP contribution in [0.1, 0.15) is 65.7 Å². The number of carbonyl (C=O) groups is 2. The van der Waals surface area contributed by atoms with Crippen LogP contribution in [0.15, 0.2) is 0 Å². The first-order valence-corrected chi connectivity index (χ1v) is 7.62. The Hall–Kier alpha value is -0.900. The van der Waals surface area contributed by atoms with Crippen LogP contribution in [0.2, 0.25) is 0 Å². The van der Waals surface area contributed by atoms with Gasteiger partial charge in [0.15, 0.2) is 0 Å². The lowest BCUT2D eigenvalue weighted by Gasteiger charge is -2.14. The number of unbranched alkanes of at least 4 members (excludes halogenated alkanes) is 4. The molecule has 0 aliphatic heterocycles. The van der Waals surface area contributed by atoms with Gasteiger partial charge in [-0.25, -0.2) is 0 Å². The van der Waals surface area contributed by atoms with Crippen LogP contribution in [0.4, 0.5) is 0 Å². The molecule has 0 aromatic heterocycles. The standard InChI is InChI=1S/C15H30N2O2/c1-4-6-7-8-9-10-15(19)17-12-11-14(13(3)18)16-5-2/h14,16H,4-12H2,1-3H3,(H,17,19)/t14-/m0/s1. The summed E-state index contributed by atoms with van der Waals surface area (Å²) in [4.78, 5) is 22.9. The molecule has 0 spiro atoms. The number of hydrogen-bond acceptors (Lipinski definition) is 3. The summed E-state index contributed by atoms with van der Waals surface area (Å²) < 4.78 is 0. The van der Waals surface area contributed by atoms with Gasteiger partial charge in [-0.2, -0.15) is 0 Å². The van der Waals surface area contributed by atoms with Gasteiger partial charge in [0.25, 0.3) is 0 Å². The Morgan fingerprint density at radius 1 is 1.05 bits per heavy atom. The minimum absolute atomic E-state index is 0.107. The quantitative estimate of drug-likeness (QED) is 0.535. The molecule has 0 saturated heterocycles. The fourth-order valence-corrected chi connectivity index (χ4v) is 2.03. The van der Waals surface area contributed by atoms with Crippen molar-refractivity contribution >= 4 is 11.7 Å². The van der Waals surface area contributed by atoms with Gasteiger partial charge >= 0.3 is 0 Å². The van der Waals surface area contributed by atoms with Gasteiger partial charge in [-0.15, -0.1) is 0 Å². The van der Waals surface area contributed by atoms with Crippen LogP contribution >= 0.6 is 0 Å². The van der Waals surface area contributed by atoms with Gasteiger partial charge < -0.3 is 10.6 Å². The Morgan fingerprint density at radius 3 is 2.32 bits per heavy atom. The minimum Gasteiger partial charge on any atom is -0.356 e. The van der Waals surface area contributed by atoms with Crippen molar-refractivity contribution in [1.29, 1.82) is 0 Å². The molecule has 0 aromatic rings. The van der Waals surface area contributed by atoms with Crippen LogP contribution < -0.4 is 10.6 Å². The number of nitrogens with one attached hydrogen (secondary N) is 2. The zero-order chi connectivity index (χ0) is 14.5. The molecule has 0 bridgehead atoms. The fraction of sp³-hybridized carbons (Fsp3) is 0.867. The molecule has 4 nitrogen and oxygen atoms in total. The lowest BCUT2D eigenvalue weighted by atomic mass is 10.1. The number of rotatable bonds is 12. The summed E-state index contributed by atoms with van der Waals surface area (Å²) in [6, 6.07) is -0.130. The zero-order valence-corrected chi connectivity index (χ0v) is 12.8. The predicted octanol–water partition coefficient (Wildman–Crippen LogP) is 2.42. The van der Waals surface area contributed by atoms with Gasteiger partial charge in [0, 0.05) is 13.0 Å². The summed E-state index contributed by atoms with van der Waals surface area (Å²) in [5.74, 6) is 0.242. The Kier molecular flexibility index (Phi) is 11.6. The molecule has 2 N–H and O–H groups in total. The monoisotopic (exact) mass is 270 g/mol. The molecule has 0 heterocycles. The van der Waals surface area contributed by atoms with Crippen LogP contribution in [0.25, 0.3) is 0 Å². The predicted molar refractivity (Wildman–Crippen MR) is 79.1 cm³/mol. The third-order valence-corrected chi connectivity index (χ3v) is 3.20. The van der Waals surface area contributed by atoms with E-state index in [1.807, 2.05) is 6.92 Å². The van der Waals surface area contributed by atoms with Crippen LogP contribution in [-0.2, 0) is 9.59 Å². The SMILES string of the molecule is CCCCCCCC(=O)NCC[C@H](NCC)C(C)=O. The molecule has 4 heteroatoms. The maximum Gasteiger partial charge on any atom is 0.219 e. The van der Waals surface area contributed by atoms with E-state index in [4.69, 9.17) is 0 Å². The van der Waals surface area contributed by atoms with Gasteiger partial charge in [-0.3, -0.25) is 9.59 Å². The molecule has 1 atom stereocenters. The minimum atomic E-state index is -0.130. The molecule has 0 radical (unpaired) electrons. The molecule has 1 amide bonds. The average Bonchev–Trinajstić information content (AvgIpc) is 2.37. The molecular weight excluding hydrogens is 240 g/mol. The van der Waals surface area contributed by atoms with E-state index in [0.29, 0.717) is 19.4 Å². The Labute approximate surface area is 117 Å². The number of hydrogen-bond donors (Lipinski definition) is 2. The number of amides is 1. The van der Waals surface area contributed by atoms with E-state index in [1.165, 1.54) is 19.3 Å². The highest BCUT2D eigenvalue weighted by Gasteiger charge is 2.12. The second-order valence-corrected chi connectivity index (χ2v) is 5.02. The van der Waals surface area contributed by atoms with E-state index in [-0.39, 0.29) is 17.7 Å². The van der Waals surface area contributed by atoms with Gasteiger partial charge in [-0.1, -0.05) is 39.5 Å². The van der Waals surface area contributed by atoms with E-state index < -0.39 is 0 Å². The summed E-state index contributed by atoms with van der Waals surface area (Å²) in [7, 11) is 0. The molecule has 0 fully saturated rings. The molecule has 0 saturated carbocycles. The first-order valence-electron chi connectivity index (χ1n) is 7.62. The Bertz CT molecular complexity index is 255. The number of ketones is 1. The van der Waals surface area contributed by atoms with Gasteiger partial charge in [-0.05, 0) is 26.3 Å². The lowest BCUT2D eigenvalue weighted by Crippen LogP contribution is -2.38. The molecule has 112 valence electrons. The molecule has 0 aliphatic carbocycles. The summed E-state index contributed by atoms with van der Waals surface area (Å²) in [6.45, 7) is 7.09. The highest BCUT2D eigenvalue weighted by molar-refractivity contribution is 5.81. The van der Waals surface area contributed by atoms with Gasteiger partial charge in [0.05, 0.1) is 6.04 Å². The van der Waals surface area contributed by atoms with Crippen molar-refractivity contribution < 1.29 is 9.59 Å². The smallest absolute Gasteiger partial charge is 0.219 e. The third-order valence-electron chi connectivity index (χ3n) is 3.20. The molecule has 0 aromatic carbocycles. The molecule has 19 heavy (non-hydrogen) atoms. The van der Waals surface area contributed by atoms with Crippen LogP contribution in [0, 0.1) is 0 Å². The summed E-state index contributed by atoms with van der Waals surface area (Å²) in [5.41, 5.74) is 0. The van der Waals surface area contributed by atoms with Crippen LogP contribution in [-0.4, -0.2) is 30.8 Å². The maximum absolute atomic E-state index is 11.6. The topological polar surface area (TPSA) is 58.2 Å². The fourth-order valence-electron chi connectivity index (χ4n) is 2.03. The second-order valence-electron chi connectivity index (χ2n) is 5.02. The van der Waals surface area contributed by atoms with Crippen LogP contribution in [0.3, 0.4) is 0 Å². The summed E-state index contributed by atoms with van der Waals surface area (Å²) in [5, 5.41) is 6.01. The average molecular weight is 270 g/mol. The largest absolute Gasteiger partial charge is 0.356 e. The maximum atomic E-state index is 11.6. The van der Waals surface area contributed by atoms with E-state index in [1.54, 1.807) is 6.92 Å². The highest BCUT2D eigenvalue weighted by atomic mass is 16.1. The summed E-state index contributed by atoms with van der Waals surface area (Å²) in [6.07, 6.45) is 7.08. The van der Waals surface area contributed by atoms with Crippen LogP contribution in [0.5, 0.6) is 0 Å². The normalized spacial score (nSPS) is 12.2. The number of Topliss-reactive ketones (excluding diaryl/α,β-unsaturated/α-hetero) is 1. The third kappa shape index (κ3) is 10.7. The van der Waals surface area contributed by atoms with Crippen molar-refractivity contribution in [2.45, 2.75) is 71.8 Å². The van der Waals surface area contributed by atoms with E-state index >= 15 is 0 Å². The number of likely N-dealkylation sites (N-methyl/N-ethyl adjacent to an activating group) is 1. The van der Waals surface area contributed by atoms with E-state index in [2.05, 4.69) is 17.6 Å². The zero-order valence-electron chi connectivity index (χ0n) is 12.8. The van der Waals surface area contributed by atoms with Crippen molar-refractivity contribution in [3.63, 3.8) is 0 Å². The Balaban J connectivity index is 3.58. The van der Waals surface area contributed by atoms with Crippen molar-refractivity contribution in [3.05, 3.63) is 0 Å². The van der Waals surface area contributed by atoms with Gasteiger partial charge in [0.1, 0.15) is 5.78 Å². The first-order chi connectivity index (χ1) is 9.11. The van der Waals surface area contributed by atoms with E-state index in [0.717, 1.165) is 19.4 Å². The molecule has 0 rings (SSSR count). The molecular formula is C15H30N2O2. The van der Waals surface area contributed by atoms with E-state index in [9.17, 15) is 9.59 Å². The first kappa shape index (κ1) is 18.1. The summed E-state index contributed by atoms with van der Waals surface area (Å²) >= 11 is 0. The van der Waals surface area contributed by atoms with Crippen molar-refractivity contribution in [2.75, 3.05) is 13.1 Å². The van der Waals surface area contributed by atoms with Crippen molar-refractivity contribution in [3.8, 4) is 0 Å². The molecule has 0 aliphatic rings.